The maximum Gasteiger partial charge on any atom is 0.0594 e. The molecular formula is C19H23ClN2O. The lowest BCUT2D eigenvalue weighted by atomic mass is 10.2. The van der Waals surface area contributed by atoms with Crippen molar-refractivity contribution in [1.82, 2.24) is 9.47 Å². The van der Waals surface area contributed by atoms with Crippen LogP contribution >= 0.6 is 12.4 Å². The predicted molar refractivity (Wildman–Crippen MR) is 98.6 cm³/mol. The van der Waals surface area contributed by atoms with Gasteiger partial charge in [-0.05, 0) is 18.6 Å². The predicted octanol–water partition coefficient (Wildman–Crippen LogP) is 3.94. The van der Waals surface area contributed by atoms with Crippen molar-refractivity contribution in [3.63, 3.8) is 0 Å². The van der Waals surface area contributed by atoms with Crippen LogP contribution in [0.4, 0.5) is 0 Å². The van der Waals surface area contributed by atoms with Gasteiger partial charge in [-0.15, -0.1) is 12.4 Å². The zero-order chi connectivity index (χ0) is 14.8. The Morgan fingerprint density at radius 2 is 1.35 bits per heavy atom. The number of hydrogen-bond donors (Lipinski definition) is 0. The minimum atomic E-state index is 0. The first kappa shape index (κ1) is 16.3. The number of para-hydroxylation sites is 2. The molecular weight excluding hydrogens is 308 g/mol. The average molecular weight is 331 g/mol. The van der Waals surface area contributed by atoms with Crippen LogP contribution in [0.3, 0.4) is 0 Å². The molecule has 0 spiro atoms. The van der Waals surface area contributed by atoms with E-state index in [9.17, 15) is 0 Å². The third-order valence-electron chi connectivity index (χ3n) is 4.64. The van der Waals surface area contributed by atoms with Crippen LogP contribution in [-0.2, 0) is 11.3 Å². The quantitative estimate of drug-likeness (QED) is 0.721. The summed E-state index contributed by atoms with van der Waals surface area (Å²) in [5, 5.41) is 2.73. The first-order valence-electron chi connectivity index (χ1n) is 8.19. The van der Waals surface area contributed by atoms with Crippen LogP contribution in [0.5, 0.6) is 0 Å². The first-order chi connectivity index (χ1) is 10.9. The Kier molecular flexibility index (Phi) is 5.21. The molecule has 23 heavy (non-hydrogen) atoms. The van der Waals surface area contributed by atoms with E-state index in [1.807, 2.05) is 0 Å². The van der Waals surface area contributed by atoms with Crippen LogP contribution in [0.25, 0.3) is 21.8 Å². The summed E-state index contributed by atoms with van der Waals surface area (Å²) in [7, 11) is 0. The van der Waals surface area contributed by atoms with Gasteiger partial charge < -0.3 is 9.30 Å². The van der Waals surface area contributed by atoms with Gasteiger partial charge in [0.05, 0.1) is 13.2 Å². The van der Waals surface area contributed by atoms with Gasteiger partial charge in [0.1, 0.15) is 0 Å². The zero-order valence-corrected chi connectivity index (χ0v) is 14.1. The summed E-state index contributed by atoms with van der Waals surface area (Å²) in [5.41, 5.74) is 2.70. The van der Waals surface area contributed by atoms with Crippen molar-refractivity contribution >= 4 is 34.2 Å². The van der Waals surface area contributed by atoms with E-state index < -0.39 is 0 Å². The fourth-order valence-electron chi connectivity index (χ4n) is 3.52. The third kappa shape index (κ3) is 3.23. The summed E-state index contributed by atoms with van der Waals surface area (Å²) in [6.07, 6.45) is 1.18. The molecule has 1 aliphatic rings. The number of benzene rings is 2. The van der Waals surface area contributed by atoms with Crippen LogP contribution in [0, 0.1) is 0 Å². The highest BCUT2D eigenvalue weighted by molar-refractivity contribution is 6.07. The lowest BCUT2D eigenvalue weighted by molar-refractivity contribution is 0.0370. The number of nitrogens with zero attached hydrogens (tertiary/aromatic N) is 2. The molecule has 3 nitrogen and oxygen atoms in total. The Hall–Kier alpha value is -1.55. The van der Waals surface area contributed by atoms with E-state index >= 15 is 0 Å². The lowest BCUT2D eigenvalue weighted by Gasteiger charge is -2.26. The molecule has 0 aliphatic carbocycles. The Bertz CT molecular complexity index is 724. The number of morpholine rings is 1. The summed E-state index contributed by atoms with van der Waals surface area (Å²) >= 11 is 0. The highest BCUT2D eigenvalue weighted by Crippen LogP contribution is 2.28. The maximum absolute atomic E-state index is 5.42. The molecule has 0 unspecified atom stereocenters. The second-order valence-corrected chi connectivity index (χ2v) is 5.99. The van der Waals surface area contributed by atoms with E-state index in [1.165, 1.54) is 28.2 Å². The average Bonchev–Trinajstić information content (AvgIpc) is 2.91. The highest BCUT2D eigenvalue weighted by Gasteiger charge is 2.12. The minimum absolute atomic E-state index is 0. The summed E-state index contributed by atoms with van der Waals surface area (Å²) in [5.74, 6) is 0. The van der Waals surface area contributed by atoms with Crippen molar-refractivity contribution in [2.45, 2.75) is 13.0 Å². The molecule has 1 aromatic heterocycles. The van der Waals surface area contributed by atoms with Gasteiger partial charge in [0, 0.05) is 48.0 Å². The van der Waals surface area contributed by atoms with Crippen LogP contribution < -0.4 is 0 Å². The fourth-order valence-corrected chi connectivity index (χ4v) is 3.52. The third-order valence-corrected chi connectivity index (χ3v) is 4.64. The topological polar surface area (TPSA) is 17.4 Å². The highest BCUT2D eigenvalue weighted by atomic mass is 35.5. The molecule has 122 valence electrons. The molecule has 0 amide bonds. The number of ether oxygens (including phenoxy) is 1. The monoisotopic (exact) mass is 330 g/mol. The normalized spacial score (nSPS) is 15.8. The SMILES string of the molecule is Cl.c1ccc2c(c1)c1ccccc1n2CCCN1CCOCC1. The van der Waals surface area contributed by atoms with Crippen molar-refractivity contribution in [3.8, 4) is 0 Å². The van der Waals surface area contributed by atoms with E-state index in [1.54, 1.807) is 0 Å². The van der Waals surface area contributed by atoms with Gasteiger partial charge in [0.25, 0.3) is 0 Å². The van der Waals surface area contributed by atoms with Gasteiger partial charge >= 0.3 is 0 Å². The van der Waals surface area contributed by atoms with Crippen molar-refractivity contribution in [3.05, 3.63) is 48.5 Å². The summed E-state index contributed by atoms with van der Waals surface area (Å²) in [6.45, 7) is 6.15. The molecule has 4 rings (SSSR count). The van der Waals surface area contributed by atoms with Crippen LogP contribution in [0.15, 0.2) is 48.5 Å². The molecule has 1 fully saturated rings. The van der Waals surface area contributed by atoms with E-state index in [2.05, 4.69) is 58.0 Å². The Labute approximate surface area is 143 Å². The largest absolute Gasteiger partial charge is 0.379 e. The standard InChI is InChI=1S/C19H22N2O.ClH/c1-3-8-18-16(6-1)17-7-2-4-9-19(17)21(18)11-5-10-20-12-14-22-15-13-20;/h1-4,6-9H,5,10-15H2;1H. The van der Waals surface area contributed by atoms with E-state index in [0.29, 0.717) is 0 Å². The molecule has 4 heteroatoms. The van der Waals surface area contributed by atoms with E-state index in [0.717, 1.165) is 39.4 Å². The van der Waals surface area contributed by atoms with Gasteiger partial charge in [-0.3, -0.25) is 4.90 Å². The number of fused-ring (bicyclic) bond motifs is 3. The van der Waals surface area contributed by atoms with Gasteiger partial charge in [0.2, 0.25) is 0 Å². The summed E-state index contributed by atoms with van der Waals surface area (Å²) < 4.78 is 7.90. The Morgan fingerprint density at radius 1 is 0.783 bits per heavy atom. The molecule has 1 aliphatic heterocycles. The zero-order valence-electron chi connectivity index (χ0n) is 13.3. The lowest BCUT2D eigenvalue weighted by Crippen LogP contribution is -2.37. The van der Waals surface area contributed by atoms with Crippen LogP contribution in [0.2, 0.25) is 0 Å². The Balaban J connectivity index is 0.00000156. The van der Waals surface area contributed by atoms with Gasteiger partial charge in [0.15, 0.2) is 0 Å². The fraction of sp³-hybridized carbons (Fsp3) is 0.368. The maximum atomic E-state index is 5.42. The molecule has 0 bridgehead atoms. The van der Waals surface area contributed by atoms with Gasteiger partial charge in [-0.1, -0.05) is 36.4 Å². The number of rotatable bonds is 4. The van der Waals surface area contributed by atoms with Gasteiger partial charge in [-0.2, -0.15) is 0 Å². The smallest absolute Gasteiger partial charge is 0.0594 e. The summed E-state index contributed by atoms with van der Waals surface area (Å²) in [4.78, 5) is 2.51. The van der Waals surface area contributed by atoms with E-state index in [-0.39, 0.29) is 12.4 Å². The molecule has 0 atom stereocenters. The number of hydrogen-bond acceptors (Lipinski definition) is 2. The summed E-state index contributed by atoms with van der Waals surface area (Å²) in [6, 6.07) is 17.5. The van der Waals surface area contributed by atoms with Crippen molar-refractivity contribution in [2.24, 2.45) is 0 Å². The second kappa shape index (κ2) is 7.35. The number of aromatic nitrogens is 1. The minimum Gasteiger partial charge on any atom is -0.379 e. The molecule has 0 N–H and O–H groups in total. The Morgan fingerprint density at radius 3 is 1.96 bits per heavy atom. The number of halogens is 1. The van der Waals surface area contributed by atoms with Crippen molar-refractivity contribution in [1.29, 1.82) is 0 Å². The molecule has 0 radical (unpaired) electrons. The molecule has 1 saturated heterocycles. The second-order valence-electron chi connectivity index (χ2n) is 5.99. The van der Waals surface area contributed by atoms with Crippen LogP contribution in [0.1, 0.15) is 6.42 Å². The van der Waals surface area contributed by atoms with Crippen molar-refractivity contribution < 1.29 is 4.74 Å². The van der Waals surface area contributed by atoms with Gasteiger partial charge in [-0.25, -0.2) is 0 Å². The molecule has 2 heterocycles. The first-order valence-corrected chi connectivity index (χ1v) is 8.19. The molecule has 3 aromatic rings. The molecule has 0 saturated carbocycles. The van der Waals surface area contributed by atoms with Crippen molar-refractivity contribution in [2.75, 3.05) is 32.8 Å². The van der Waals surface area contributed by atoms with E-state index in [4.69, 9.17) is 4.74 Å². The van der Waals surface area contributed by atoms with Crippen LogP contribution in [-0.4, -0.2) is 42.3 Å². The molecule has 2 aromatic carbocycles. The number of aryl methyl sites for hydroxylation is 1.